The minimum atomic E-state index is -3.06. The first kappa shape index (κ1) is 13.2. The largest absolute Gasteiger partial charge is 0.292 e. The molecule has 96 valence electrons. The maximum atomic E-state index is 14.0. The molecule has 0 unspecified atom stereocenters. The van der Waals surface area contributed by atoms with Gasteiger partial charge in [-0.3, -0.25) is 0 Å². The van der Waals surface area contributed by atoms with E-state index in [0.29, 0.717) is 5.56 Å². The topological polar surface area (TPSA) is 0 Å². The molecule has 0 spiro atoms. The molecular weight excluding hydrogens is 242 g/mol. The van der Waals surface area contributed by atoms with Crippen LogP contribution in [-0.4, -0.2) is 5.92 Å². The van der Waals surface area contributed by atoms with Crippen LogP contribution >= 0.6 is 0 Å². The highest BCUT2D eigenvalue weighted by Crippen LogP contribution is 2.32. The van der Waals surface area contributed by atoms with Crippen molar-refractivity contribution in [2.24, 2.45) is 0 Å². The van der Waals surface area contributed by atoms with E-state index < -0.39 is 5.92 Å². The Hall–Kier alpha value is -2.22. The second-order valence-corrected chi connectivity index (χ2v) is 4.21. The standard InChI is InChI=1S/C17H14F2/c1-14(16-10-6-3-7-11-16)17(18,19)13-12-15-8-4-2-5-9-15/h2-13H,1H2/b13-12+. The van der Waals surface area contributed by atoms with Gasteiger partial charge >= 0.3 is 0 Å². The van der Waals surface area contributed by atoms with Crippen LogP contribution in [0.2, 0.25) is 0 Å². The van der Waals surface area contributed by atoms with Crippen molar-refractivity contribution in [3.05, 3.63) is 84.4 Å². The van der Waals surface area contributed by atoms with E-state index in [1.54, 1.807) is 42.5 Å². The Labute approximate surface area is 111 Å². The average Bonchev–Trinajstić information content (AvgIpc) is 2.46. The molecule has 0 atom stereocenters. The highest BCUT2D eigenvalue weighted by atomic mass is 19.3. The van der Waals surface area contributed by atoms with Gasteiger partial charge in [0.25, 0.3) is 5.92 Å². The quantitative estimate of drug-likeness (QED) is 0.718. The third kappa shape index (κ3) is 3.38. The smallest absolute Gasteiger partial charge is 0.197 e. The lowest BCUT2D eigenvalue weighted by atomic mass is 10.0. The van der Waals surface area contributed by atoms with Gasteiger partial charge in [-0.15, -0.1) is 0 Å². The van der Waals surface area contributed by atoms with E-state index in [2.05, 4.69) is 6.58 Å². The van der Waals surface area contributed by atoms with Crippen LogP contribution in [0.1, 0.15) is 11.1 Å². The Balaban J connectivity index is 2.19. The molecule has 0 aliphatic heterocycles. The summed E-state index contributed by atoms with van der Waals surface area (Å²) in [6.45, 7) is 3.51. The molecular formula is C17H14F2. The zero-order valence-corrected chi connectivity index (χ0v) is 10.4. The third-order valence-corrected chi connectivity index (χ3v) is 2.81. The van der Waals surface area contributed by atoms with Gasteiger partial charge in [-0.2, -0.15) is 8.78 Å². The molecule has 19 heavy (non-hydrogen) atoms. The Morgan fingerprint density at radius 2 is 1.42 bits per heavy atom. The summed E-state index contributed by atoms with van der Waals surface area (Å²) in [5.74, 6) is -3.06. The fourth-order valence-corrected chi connectivity index (χ4v) is 1.70. The molecule has 0 radical (unpaired) electrons. The predicted octanol–water partition coefficient (Wildman–Crippen LogP) is 5.05. The van der Waals surface area contributed by atoms with Crippen molar-refractivity contribution in [3.8, 4) is 0 Å². The highest BCUT2D eigenvalue weighted by molar-refractivity contribution is 5.72. The van der Waals surface area contributed by atoms with Crippen LogP contribution in [0.25, 0.3) is 11.6 Å². The Morgan fingerprint density at radius 1 is 0.895 bits per heavy atom. The lowest BCUT2D eigenvalue weighted by Crippen LogP contribution is -2.13. The number of hydrogen-bond acceptors (Lipinski definition) is 0. The van der Waals surface area contributed by atoms with Gasteiger partial charge in [-0.1, -0.05) is 73.3 Å². The molecule has 2 heteroatoms. The van der Waals surface area contributed by atoms with Crippen LogP contribution in [0.15, 0.2) is 73.3 Å². The first-order valence-electron chi connectivity index (χ1n) is 5.96. The number of allylic oxidation sites excluding steroid dienone is 2. The first-order valence-corrected chi connectivity index (χ1v) is 5.96. The summed E-state index contributed by atoms with van der Waals surface area (Å²) in [6.07, 6.45) is 2.30. The van der Waals surface area contributed by atoms with Crippen molar-refractivity contribution in [2.75, 3.05) is 0 Å². The van der Waals surface area contributed by atoms with Gasteiger partial charge in [0.15, 0.2) is 0 Å². The molecule has 0 aliphatic carbocycles. The second kappa shape index (κ2) is 5.61. The summed E-state index contributed by atoms with van der Waals surface area (Å²) in [6, 6.07) is 17.5. The van der Waals surface area contributed by atoms with Gasteiger partial charge < -0.3 is 0 Å². The molecule has 0 heterocycles. The van der Waals surface area contributed by atoms with Crippen LogP contribution in [-0.2, 0) is 0 Å². The van der Waals surface area contributed by atoms with Crippen molar-refractivity contribution in [1.82, 2.24) is 0 Å². The second-order valence-electron chi connectivity index (χ2n) is 4.21. The molecule has 2 rings (SSSR count). The van der Waals surface area contributed by atoms with E-state index >= 15 is 0 Å². The van der Waals surface area contributed by atoms with Gasteiger partial charge in [0.05, 0.1) is 0 Å². The molecule has 0 saturated carbocycles. The van der Waals surface area contributed by atoms with Gasteiger partial charge in [-0.05, 0) is 17.2 Å². The van der Waals surface area contributed by atoms with Crippen molar-refractivity contribution in [1.29, 1.82) is 0 Å². The zero-order chi connectivity index (χ0) is 13.7. The predicted molar refractivity (Wildman–Crippen MR) is 75.9 cm³/mol. The molecule has 2 aromatic rings. The molecule has 0 nitrogen and oxygen atoms in total. The highest BCUT2D eigenvalue weighted by Gasteiger charge is 2.29. The first-order chi connectivity index (χ1) is 9.09. The van der Waals surface area contributed by atoms with Crippen LogP contribution < -0.4 is 0 Å². The Kier molecular flexibility index (Phi) is 3.91. The van der Waals surface area contributed by atoms with Crippen molar-refractivity contribution in [2.45, 2.75) is 5.92 Å². The number of alkyl halides is 2. The van der Waals surface area contributed by atoms with E-state index in [0.717, 1.165) is 11.6 Å². The minimum Gasteiger partial charge on any atom is -0.197 e. The van der Waals surface area contributed by atoms with Gasteiger partial charge in [-0.25, -0.2) is 0 Å². The molecule has 0 amide bonds. The van der Waals surface area contributed by atoms with Gasteiger partial charge in [0.2, 0.25) is 0 Å². The molecule has 2 aromatic carbocycles. The van der Waals surface area contributed by atoms with Crippen molar-refractivity contribution in [3.63, 3.8) is 0 Å². The summed E-state index contributed by atoms with van der Waals surface area (Å²) in [5, 5.41) is 0. The Morgan fingerprint density at radius 3 is 2.00 bits per heavy atom. The fourth-order valence-electron chi connectivity index (χ4n) is 1.70. The summed E-state index contributed by atoms with van der Waals surface area (Å²) >= 11 is 0. The van der Waals surface area contributed by atoms with Crippen molar-refractivity contribution < 1.29 is 8.78 Å². The number of benzene rings is 2. The maximum absolute atomic E-state index is 14.0. The fraction of sp³-hybridized carbons (Fsp3) is 0.0588. The molecule has 0 fully saturated rings. The number of halogens is 2. The summed E-state index contributed by atoms with van der Waals surface area (Å²) in [5.41, 5.74) is 0.994. The molecule has 0 aliphatic rings. The summed E-state index contributed by atoms with van der Waals surface area (Å²) < 4.78 is 28.0. The Bertz CT molecular complexity index is 569. The van der Waals surface area contributed by atoms with E-state index in [4.69, 9.17) is 0 Å². The van der Waals surface area contributed by atoms with Gasteiger partial charge in [0.1, 0.15) is 0 Å². The lowest BCUT2D eigenvalue weighted by molar-refractivity contribution is 0.124. The molecule has 0 N–H and O–H groups in total. The van der Waals surface area contributed by atoms with Crippen molar-refractivity contribution >= 4 is 11.6 Å². The molecule has 0 saturated heterocycles. The normalized spacial score (nSPS) is 11.7. The van der Waals surface area contributed by atoms with E-state index in [1.165, 1.54) is 6.08 Å². The summed E-state index contributed by atoms with van der Waals surface area (Å²) in [4.78, 5) is 0. The van der Waals surface area contributed by atoms with Crippen LogP contribution in [0.5, 0.6) is 0 Å². The number of hydrogen-bond donors (Lipinski definition) is 0. The van der Waals surface area contributed by atoms with Gasteiger partial charge in [0, 0.05) is 5.57 Å². The minimum absolute atomic E-state index is 0.194. The average molecular weight is 256 g/mol. The van der Waals surface area contributed by atoms with Crippen LogP contribution in [0.3, 0.4) is 0 Å². The monoisotopic (exact) mass is 256 g/mol. The number of rotatable bonds is 4. The third-order valence-electron chi connectivity index (χ3n) is 2.81. The lowest BCUT2D eigenvalue weighted by Gasteiger charge is -2.15. The molecule has 0 aromatic heterocycles. The van der Waals surface area contributed by atoms with Crippen LogP contribution in [0.4, 0.5) is 8.78 Å². The molecule has 0 bridgehead atoms. The van der Waals surface area contributed by atoms with Crippen LogP contribution in [0, 0.1) is 0 Å². The van der Waals surface area contributed by atoms with E-state index in [9.17, 15) is 8.78 Å². The van der Waals surface area contributed by atoms with E-state index in [1.807, 2.05) is 18.2 Å². The summed E-state index contributed by atoms with van der Waals surface area (Å²) in [7, 11) is 0. The zero-order valence-electron chi connectivity index (χ0n) is 10.4. The maximum Gasteiger partial charge on any atom is 0.292 e. The SMILES string of the molecule is C=C(c1ccccc1)C(F)(F)/C=C/c1ccccc1. The van der Waals surface area contributed by atoms with E-state index in [-0.39, 0.29) is 5.57 Å².